The van der Waals surface area contributed by atoms with Crippen molar-refractivity contribution in [2.45, 2.75) is 23.3 Å². The highest BCUT2D eigenvalue weighted by atomic mass is 35.5. The molecule has 3 aromatic rings. The van der Waals surface area contributed by atoms with Crippen LogP contribution in [0.3, 0.4) is 0 Å². The van der Waals surface area contributed by atoms with Gasteiger partial charge in [-0.3, -0.25) is 5.32 Å². The number of carbonyl (C=O) groups is 1. The molecule has 0 radical (unpaired) electrons. The monoisotopic (exact) mass is 428 g/mol. The molecule has 0 atom stereocenters. The Hall–Kier alpha value is -1.74. The van der Waals surface area contributed by atoms with E-state index in [9.17, 15) is 4.79 Å². The fourth-order valence-electron chi connectivity index (χ4n) is 1.95. The first-order valence-electron chi connectivity index (χ1n) is 7.59. The number of halogens is 2. The number of hydrogen-bond acceptors (Lipinski definition) is 6. The average molecular weight is 429 g/mol. The van der Waals surface area contributed by atoms with E-state index >= 15 is 0 Å². The number of nitrogens with zero attached hydrogens (tertiary/aromatic N) is 2. The summed E-state index contributed by atoms with van der Waals surface area (Å²) in [5, 5.41) is 6.48. The maximum Gasteiger partial charge on any atom is 0.325 e. The van der Waals surface area contributed by atoms with Crippen LogP contribution in [0.25, 0.3) is 0 Å². The van der Waals surface area contributed by atoms with Gasteiger partial charge < -0.3 is 9.73 Å². The highest BCUT2D eigenvalue weighted by Gasteiger charge is 2.12. The molecule has 136 valence electrons. The summed E-state index contributed by atoms with van der Waals surface area (Å²) in [6.07, 6.45) is 4.24. The summed E-state index contributed by atoms with van der Waals surface area (Å²) in [4.78, 5) is 20.5. The number of thiazole rings is 1. The Bertz CT molecular complexity index is 893. The molecule has 2 heterocycles. The van der Waals surface area contributed by atoms with Gasteiger partial charge in [0.25, 0.3) is 0 Å². The van der Waals surface area contributed by atoms with E-state index in [0.29, 0.717) is 32.5 Å². The van der Waals surface area contributed by atoms with E-state index in [2.05, 4.69) is 20.6 Å². The van der Waals surface area contributed by atoms with Crippen LogP contribution in [0.4, 0.5) is 15.6 Å². The number of amides is 2. The first-order chi connectivity index (χ1) is 12.5. The molecule has 0 spiro atoms. The lowest BCUT2D eigenvalue weighted by Gasteiger charge is -2.08. The van der Waals surface area contributed by atoms with E-state index in [1.54, 1.807) is 30.6 Å². The maximum atomic E-state index is 12.1. The van der Waals surface area contributed by atoms with E-state index in [4.69, 9.17) is 27.6 Å². The smallest absolute Gasteiger partial charge is 0.325 e. The van der Waals surface area contributed by atoms with Crippen LogP contribution in [0.5, 0.6) is 0 Å². The van der Waals surface area contributed by atoms with Crippen molar-refractivity contribution in [3.8, 4) is 0 Å². The van der Waals surface area contributed by atoms with Gasteiger partial charge in [-0.05, 0) is 12.1 Å². The molecular formula is C16H14Cl2N4O2S2. The number of aryl methyl sites for hydroxylation is 1. The number of rotatable bonds is 6. The van der Waals surface area contributed by atoms with Crippen molar-refractivity contribution >= 4 is 63.2 Å². The zero-order valence-corrected chi connectivity index (χ0v) is 16.7. The summed E-state index contributed by atoms with van der Waals surface area (Å²) >= 11 is 15.0. The van der Waals surface area contributed by atoms with Gasteiger partial charge in [0, 0.05) is 6.42 Å². The molecule has 10 heteroatoms. The molecule has 0 bridgehead atoms. The molecule has 3 rings (SSSR count). The number of anilines is 2. The molecule has 2 amide bonds. The Kier molecular flexibility index (Phi) is 6.42. The van der Waals surface area contributed by atoms with Crippen LogP contribution < -0.4 is 10.6 Å². The van der Waals surface area contributed by atoms with Crippen molar-refractivity contribution in [2.24, 2.45) is 0 Å². The highest BCUT2D eigenvalue weighted by molar-refractivity contribution is 8.00. The third-order valence-electron chi connectivity index (χ3n) is 3.19. The number of carbonyl (C=O) groups excluding carboxylic acids is 1. The molecule has 1 aromatic carbocycles. The van der Waals surface area contributed by atoms with E-state index in [0.717, 1.165) is 16.4 Å². The van der Waals surface area contributed by atoms with Gasteiger partial charge >= 0.3 is 6.03 Å². The van der Waals surface area contributed by atoms with Gasteiger partial charge in [0.15, 0.2) is 5.13 Å². The molecule has 2 N–H and O–H groups in total. The fourth-order valence-corrected chi connectivity index (χ4v) is 4.17. The third-order valence-corrected chi connectivity index (χ3v) is 5.92. The largest absolute Gasteiger partial charge is 0.445 e. The molecule has 0 saturated heterocycles. The van der Waals surface area contributed by atoms with Crippen LogP contribution in [0.1, 0.15) is 18.6 Å². The highest BCUT2D eigenvalue weighted by Crippen LogP contribution is 2.32. The van der Waals surface area contributed by atoms with Gasteiger partial charge in [-0.15, -0.1) is 11.8 Å². The Morgan fingerprint density at radius 1 is 1.23 bits per heavy atom. The van der Waals surface area contributed by atoms with Crippen LogP contribution in [0, 0.1) is 0 Å². The minimum atomic E-state index is -0.466. The van der Waals surface area contributed by atoms with Crippen LogP contribution in [-0.2, 0) is 12.2 Å². The van der Waals surface area contributed by atoms with E-state index in [-0.39, 0.29) is 0 Å². The predicted octanol–water partition coefficient (Wildman–Crippen LogP) is 5.94. The zero-order valence-electron chi connectivity index (χ0n) is 13.6. The number of nitrogens with one attached hydrogen (secondary N) is 2. The fraction of sp³-hybridized carbons (Fsp3) is 0.188. The summed E-state index contributed by atoms with van der Waals surface area (Å²) in [7, 11) is 0. The Morgan fingerprint density at radius 3 is 2.69 bits per heavy atom. The summed E-state index contributed by atoms with van der Waals surface area (Å²) in [6, 6.07) is 4.53. The van der Waals surface area contributed by atoms with Crippen LogP contribution in [-0.4, -0.2) is 16.0 Å². The summed E-state index contributed by atoms with van der Waals surface area (Å²) in [5.74, 6) is 2.13. The van der Waals surface area contributed by atoms with Crippen LogP contribution in [0.15, 0.2) is 39.2 Å². The topological polar surface area (TPSA) is 80.0 Å². The standard InChI is InChI=1S/C16H14Cl2N4O2S2/c1-2-9-6-19-12(24-9)8-25-13-7-20-16(26-13)22-15(23)21-14-10(17)4-3-5-11(14)18/h3-7H,2,8H2,1H3,(H2,20,21,22,23). The van der Waals surface area contributed by atoms with E-state index in [1.807, 2.05) is 6.92 Å². The number of urea groups is 1. The number of thioether (sulfide) groups is 1. The van der Waals surface area contributed by atoms with E-state index in [1.165, 1.54) is 23.1 Å². The molecule has 0 unspecified atom stereocenters. The first kappa shape index (κ1) is 19.0. The molecule has 0 aliphatic carbocycles. The second kappa shape index (κ2) is 8.77. The minimum Gasteiger partial charge on any atom is -0.445 e. The number of aromatic nitrogens is 2. The van der Waals surface area contributed by atoms with Gasteiger partial charge in [0.2, 0.25) is 5.89 Å². The van der Waals surface area contributed by atoms with Gasteiger partial charge in [-0.25, -0.2) is 14.8 Å². The van der Waals surface area contributed by atoms with Crippen LogP contribution >= 0.6 is 46.3 Å². The SMILES string of the molecule is CCc1cnc(CSc2cnc(NC(=O)Nc3c(Cl)cccc3Cl)s2)o1. The molecule has 2 aromatic heterocycles. The second-order valence-corrected chi connectivity index (χ2v) is 8.14. The van der Waals surface area contributed by atoms with Crippen molar-refractivity contribution in [1.29, 1.82) is 0 Å². The van der Waals surface area contributed by atoms with Crippen molar-refractivity contribution in [2.75, 3.05) is 10.6 Å². The third kappa shape index (κ3) is 4.91. The summed E-state index contributed by atoms with van der Waals surface area (Å²) < 4.78 is 6.50. The molecule has 0 aliphatic heterocycles. The number of oxazole rings is 1. The van der Waals surface area contributed by atoms with Crippen molar-refractivity contribution in [1.82, 2.24) is 9.97 Å². The Balaban J connectivity index is 1.55. The van der Waals surface area contributed by atoms with Crippen LogP contribution in [0.2, 0.25) is 10.0 Å². The van der Waals surface area contributed by atoms with Crippen molar-refractivity contribution in [3.63, 3.8) is 0 Å². The van der Waals surface area contributed by atoms with Crippen molar-refractivity contribution < 1.29 is 9.21 Å². The van der Waals surface area contributed by atoms with Gasteiger partial charge in [0.05, 0.1) is 38.1 Å². The summed E-state index contributed by atoms with van der Waals surface area (Å²) in [5.41, 5.74) is 0.357. The Morgan fingerprint density at radius 2 is 2.00 bits per heavy atom. The maximum absolute atomic E-state index is 12.1. The number of benzene rings is 1. The minimum absolute atomic E-state index is 0.357. The predicted molar refractivity (Wildman–Crippen MR) is 107 cm³/mol. The van der Waals surface area contributed by atoms with Gasteiger partial charge in [-0.1, -0.05) is 47.5 Å². The zero-order chi connectivity index (χ0) is 18.5. The molecule has 0 fully saturated rings. The molecular weight excluding hydrogens is 415 g/mol. The molecule has 0 aliphatic rings. The molecule has 26 heavy (non-hydrogen) atoms. The molecule has 6 nitrogen and oxygen atoms in total. The Labute approximate surface area is 168 Å². The lowest BCUT2D eigenvalue weighted by molar-refractivity contribution is 0.262. The number of para-hydroxylation sites is 1. The lowest BCUT2D eigenvalue weighted by Crippen LogP contribution is -2.19. The quantitative estimate of drug-likeness (QED) is 0.475. The normalized spacial score (nSPS) is 10.7. The summed E-state index contributed by atoms with van der Waals surface area (Å²) in [6.45, 7) is 2.01. The van der Waals surface area contributed by atoms with Crippen molar-refractivity contribution in [3.05, 3.63) is 52.3 Å². The van der Waals surface area contributed by atoms with Gasteiger partial charge in [-0.2, -0.15) is 0 Å². The second-order valence-electron chi connectivity index (χ2n) is 5.02. The lowest BCUT2D eigenvalue weighted by atomic mass is 10.3. The first-order valence-corrected chi connectivity index (χ1v) is 10.1. The van der Waals surface area contributed by atoms with E-state index < -0.39 is 6.03 Å². The molecule has 0 saturated carbocycles. The number of hydrogen-bond donors (Lipinski definition) is 2. The van der Waals surface area contributed by atoms with Gasteiger partial charge in [0.1, 0.15) is 5.76 Å². The average Bonchev–Trinajstić information content (AvgIpc) is 3.25.